The van der Waals surface area contributed by atoms with Crippen LogP contribution in [0.5, 0.6) is 0 Å². The molecule has 1 aromatic heterocycles. The number of aromatic nitrogens is 3. The third-order valence-electron chi connectivity index (χ3n) is 5.09. The monoisotopic (exact) mass is 505 g/mol. The van der Waals surface area contributed by atoms with Gasteiger partial charge in [0.15, 0.2) is 5.96 Å². The van der Waals surface area contributed by atoms with E-state index in [4.69, 9.17) is 4.99 Å². The molecular weight excluding hydrogens is 465 g/mol. The molecule has 0 aliphatic carbocycles. The molecule has 0 unspecified atom stereocenters. The normalized spacial score (nSPS) is 16.2. The van der Waals surface area contributed by atoms with Gasteiger partial charge in [0.25, 0.3) is 0 Å². The Labute approximate surface area is 188 Å². The third-order valence-corrected chi connectivity index (χ3v) is 5.09. The van der Waals surface area contributed by atoms with Crippen LogP contribution in [0.25, 0.3) is 0 Å². The highest BCUT2D eigenvalue weighted by Crippen LogP contribution is 2.15. The highest BCUT2D eigenvalue weighted by Gasteiger charge is 2.14. The number of hydrogen-bond donors (Lipinski definition) is 2. The Kier molecular flexibility index (Phi) is 12.7. The molecule has 2 rings (SSSR count). The highest BCUT2D eigenvalue weighted by molar-refractivity contribution is 14.0. The van der Waals surface area contributed by atoms with Crippen LogP contribution >= 0.6 is 24.0 Å². The number of piperidine rings is 1. The maximum atomic E-state index is 4.72. The number of nitrogens with zero attached hydrogens (tertiary/aromatic N) is 5. The molecule has 7 nitrogen and oxygen atoms in total. The predicted molar refractivity (Wildman–Crippen MR) is 127 cm³/mol. The van der Waals surface area contributed by atoms with Crippen LogP contribution in [0, 0.1) is 11.8 Å². The lowest BCUT2D eigenvalue weighted by Gasteiger charge is -2.30. The molecule has 162 valence electrons. The van der Waals surface area contributed by atoms with Crippen molar-refractivity contribution in [2.75, 3.05) is 39.3 Å². The van der Waals surface area contributed by atoms with E-state index in [0.29, 0.717) is 5.92 Å². The van der Waals surface area contributed by atoms with Crippen molar-refractivity contribution < 1.29 is 0 Å². The van der Waals surface area contributed by atoms with Crippen molar-refractivity contribution in [2.45, 2.75) is 59.9 Å². The summed E-state index contributed by atoms with van der Waals surface area (Å²) in [6.45, 7) is 16.0. The minimum Gasteiger partial charge on any atom is -0.356 e. The Bertz CT molecular complexity index is 551. The molecule has 0 bridgehead atoms. The summed E-state index contributed by atoms with van der Waals surface area (Å²) in [5.74, 6) is 3.41. The van der Waals surface area contributed by atoms with Crippen molar-refractivity contribution in [3.8, 4) is 0 Å². The topological polar surface area (TPSA) is 70.4 Å². The Morgan fingerprint density at radius 1 is 1.21 bits per heavy atom. The largest absolute Gasteiger partial charge is 0.356 e. The first kappa shape index (κ1) is 25.1. The van der Waals surface area contributed by atoms with E-state index in [2.05, 4.69) is 58.0 Å². The van der Waals surface area contributed by atoms with Gasteiger partial charge in [0.2, 0.25) is 0 Å². The number of halogens is 1. The molecule has 2 heterocycles. The molecule has 0 amide bonds. The third kappa shape index (κ3) is 9.54. The van der Waals surface area contributed by atoms with Crippen LogP contribution in [0.4, 0.5) is 0 Å². The number of aryl methyl sites for hydroxylation is 1. The lowest BCUT2D eigenvalue weighted by atomic mass is 9.99. The Morgan fingerprint density at radius 2 is 1.93 bits per heavy atom. The molecule has 28 heavy (non-hydrogen) atoms. The summed E-state index contributed by atoms with van der Waals surface area (Å²) in [4.78, 5) is 7.31. The number of likely N-dealkylation sites (tertiary alicyclic amines) is 1. The molecule has 0 saturated carbocycles. The van der Waals surface area contributed by atoms with Crippen LogP contribution in [0.3, 0.4) is 0 Å². The first-order valence-electron chi connectivity index (χ1n) is 10.7. The van der Waals surface area contributed by atoms with Crippen LogP contribution < -0.4 is 10.6 Å². The summed E-state index contributed by atoms with van der Waals surface area (Å²) in [5.41, 5.74) is 0. The van der Waals surface area contributed by atoms with E-state index in [1.54, 1.807) is 6.33 Å². The second kappa shape index (κ2) is 14.1. The number of hydrogen-bond acceptors (Lipinski definition) is 4. The SMILES string of the molecule is CCc1nncn1CCNC(=NCC(C)C)NCCCN1CCC(C)CC1.I. The van der Waals surface area contributed by atoms with Crippen LogP contribution in [0.2, 0.25) is 0 Å². The van der Waals surface area contributed by atoms with Gasteiger partial charge >= 0.3 is 0 Å². The fraction of sp³-hybridized carbons (Fsp3) is 0.850. The minimum absolute atomic E-state index is 0. The Balaban J connectivity index is 0.00000392. The first-order chi connectivity index (χ1) is 13.1. The number of rotatable bonds is 10. The van der Waals surface area contributed by atoms with E-state index in [9.17, 15) is 0 Å². The Hall–Kier alpha value is -0.900. The second-order valence-electron chi connectivity index (χ2n) is 8.11. The van der Waals surface area contributed by atoms with Gasteiger partial charge in [0.05, 0.1) is 0 Å². The summed E-state index contributed by atoms with van der Waals surface area (Å²) in [7, 11) is 0. The molecular formula is C20H40IN7. The molecule has 2 N–H and O–H groups in total. The summed E-state index contributed by atoms with van der Waals surface area (Å²) in [5, 5.41) is 15.1. The van der Waals surface area contributed by atoms with E-state index < -0.39 is 0 Å². The molecule has 1 aromatic rings. The molecule has 0 aromatic carbocycles. The van der Waals surface area contributed by atoms with Crippen molar-refractivity contribution in [1.29, 1.82) is 0 Å². The van der Waals surface area contributed by atoms with Gasteiger partial charge in [-0.05, 0) is 50.7 Å². The average molecular weight is 505 g/mol. The smallest absolute Gasteiger partial charge is 0.191 e. The van der Waals surface area contributed by atoms with Crippen molar-refractivity contribution in [1.82, 2.24) is 30.3 Å². The van der Waals surface area contributed by atoms with Crippen LogP contribution in [-0.2, 0) is 13.0 Å². The van der Waals surface area contributed by atoms with E-state index in [0.717, 1.165) is 56.7 Å². The van der Waals surface area contributed by atoms with Gasteiger partial charge in [-0.3, -0.25) is 4.99 Å². The lowest BCUT2D eigenvalue weighted by molar-refractivity contribution is 0.191. The van der Waals surface area contributed by atoms with Gasteiger partial charge in [-0.25, -0.2) is 0 Å². The molecule has 1 fully saturated rings. The molecule has 1 aliphatic rings. The summed E-state index contributed by atoms with van der Waals surface area (Å²) < 4.78 is 2.10. The van der Waals surface area contributed by atoms with E-state index in [-0.39, 0.29) is 24.0 Å². The van der Waals surface area contributed by atoms with E-state index >= 15 is 0 Å². The van der Waals surface area contributed by atoms with Gasteiger partial charge in [-0.2, -0.15) is 0 Å². The molecule has 1 saturated heterocycles. The van der Waals surface area contributed by atoms with Gasteiger partial charge in [0, 0.05) is 32.6 Å². The second-order valence-corrected chi connectivity index (χ2v) is 8.11. The van der Waals surface area contributed by atoms with Crippen LogP contribution in [0.15, 0.2) is 11.3 Å². The first-order valence-corrected chi connectivity index (χ1v) is 10.7. The fourth-order valence-electron chi connectivity index (χ4n) is 3.28. The quantitative estimate of drug-likeness (QED) is 0.222. The van der Waals surface area contributed by atoms with Gasteiger partial charge in [-0.1, -0.05) is 27.7 Å². The standard InChI is InChI=1S/C20H39N7.HI/c1-5-19-25-24-16-27(19)14-10-22-20(23-15-17(2)3)21-9-6-11-26-12-7-18(4)8-13-26;/h16-18H,5-15H2,1-4H3,(H2,21,22,23);1H. The van der Waals surface area contributed by atoms with Gasteiger partial charge < -0.3 is 20.1 Å². The summed E-state index contributed by atoms with van der Waals surface area (Å²) >= 11 is 0. The summed E-state index contributed by atoms with van der Waals surface area (Å²) in [6.07, 6.45) is 6.56. The van der Waals surface area contributed by atoms with Crippen molar-refractivity contribution in [2.24, 2.45) is 16.8 Å². The average Bonchev–Trinajstić information content (AvgIpc) is 3.11. The van der Waals surface area contributed by atoms with Gasteiger partial charge in [0.1, 0.15) is 12.2 Å². The molecule has 0 spiro atoms. The van der Waals surface area contributed by atoms with Crippen molar-refractivity contribution in [3.05, 3.63) is 12.2 Å². The number of nitrogens with one attached hydrogen (secondary N) is 2. The maximum absolute atomic E-state index is 4.72. The summed E-state index contributed by atoms with van der Waals surface area (Å²) in [6, 6.07) is 0. The number of aliphatic imine (C=N–C) groups is 1. The van der Waals surface area contributed by atoms with Crippen molar-refractivity contribution in [3.63, 3.8) is 0 Å². The fourth-order valence-corrected chi connectivity index (χ4v) is 3.28. The minimum atomic E-state index is 0. The molecule has 0 atom stereocenters. The predicted octanol–water partition coefficient (Wildman–Crippen LogP) is 2.77. The maximum Gasteiger partial charge on any atom is 0.191 e. The molecule has 0 radical (unpaired) electrons. The van der Waals surface area contributed by atoms with Crippen LogP contribution in [0.1, 0.15) is 52.8 Å². The zero-order valence-electron chi connectivity index (χ0n) is 18.2. The van der Waals surface area contributed by atoms with Crippen LogP contribution in [-0.4, -0.2) is 64.9 Å². The molecule has 8 heteroatoms. The highest BCUT2D eigenvalue weighted by atomic mass is 127. The van der Waals surface area contributed by atoms with Crippen molar-refractivity contribution >= 4 is 29.9 Å². The number of guanidine groups is 1. The zero-order chi connectivity index (χ0) is 19.5. The van der Waals surface area contributed by atoms with E-state index in [1.807, 2.05) is 0 Å². The zero-order valence-corrected chi connectivity index (χ0v) is 20.5. The Morgan fingerprint density at radius 3 is 2.61 bits per heavy atom. The van der Waals surface area contributed by atoms with E-state index in [1.165, 1.54) is 32.5 Å². The lowest BCUT2D eigenvalue weighted by Crippen LogP contribution is -2.41. The molecule has 1 aliphatic heterocycles. The van der Waals surface area contributed by atoms with Gasteiger partial charge in [-0.15, -0.1) is 34.2 Å².